The maximum absolute atomic E-state index is 12.5. The third-order valence-corrected chi connectivity index (χ3v) is 12.4. The molecule has 0 aliphatic heterocycles. The highest BCUT2D eigenvalue weighted by molar-refractivity contribution is 5.76. The van der Waals surface area contributed by atoms with Gasteiger partial charge in [0.1, 0.15) is 0 Å². The van der Waals surface area contributed by atoms with Crippen LogP contribution < -0.4 is 5.32 Å². The van der Waals surface area contributed by atoms with Crippen molar-refractivity contribution in [3.8, 4) is 0 Å². The lowest BCUT2D eigenvalue weighted by atomic mass is 10.0. The van der Waals surface area contributed by atoms with Crippen LogP contribution in [0, 0.1) is 0 Å². The molecule has 0 rings (SSSR count). The van der Waals surface area contributed by atoms with Crippen LogP contribution in [-0.4, -0.2) is 46.1 Å². The molecule has 0 saturated heterocycles. The Hall–Kier alpha value is -0.650. The molecule has 5 heteroatoms. The molecule has 4 N–H and O–H groups in total. The molecule has 0 aromatic rings. The fourth-order valence-electron chi connectivity index (χ4n) is 8.47. The molecule has 1 amide bonds. The zero-order valence-electron chi connectivity index (χ0n) is 38.3. The molecule has 56 heavy (non-hydrogen) atoms. The Morgan fingerprint density at radius 1 is 0.375 bits per heavy atom. The van der Waals surface area contributed by atoms with E-state index in [2.05, 4.69) is 19.2 Å². The van der Waals surface area contributed by atoms with Gasteiger partial charge in [0.2, 0.25) is 5.91 Å². The maximum atomic E-state index is 12.5. The van der Waals surface area contributed by atoms with Crippen LogP contribution in [0.4, 0.5) is 0 Å². The number of hydrogen-bond acceptors (Lipinski definition) is 4. The van der Waals surface area contributed by atoms with E-state index >= 15 is 0 Å². The largest absolute Gasteiger partial charge is 0.394 e. The van der Waals surface area contributed by atoms with E-state index in [1.54, 1.807) is 0 Å². The minimum atomic E-state index is -0.744. The summed E-state index contributed by atoms with van der Waals surface area (Å²) in [7, 11) is 0. The van der Waals surface area contributed by atoms with Crippen molar-refractivity contribution in [2.45, 2.75) is 315 Å². The molecule has 0 radical (unpaired) electrons. The number of unbranched alkanes of at least 4 members (excludes halogenated alkanes) is 39. The van der Waals surface area contributed by atoms with Crippen LogP contribution in [0.3, 0.4) is 0 Å². The van der Waals surface area contributed by atoms with Crippen molar-refractivity contribution in [1.29, 1.82) is 0 Å². The number of rotatable bonds is 48. The van der Waals surface area contributed by atoms with Gasteiger partial charge in [-0.2, -0.15) is 0 Å². The molecular formula is C51H103NO4. The number of aliphatic hydroxyl groups excluding tert-OH is 3. The highest BCUT2D eigenvalue weighted by atomic mass is 16.3. The first kappa shape index (κ1) is 55.4. The Labute approximate surface area is 351 Å². The number of carbonyl (C=O) groups excluding carboxylic acids is 1. The standard InChI is InChI=1S/C51H103NO4/c1-3-5-7-9-11-13-15-17-19-21-22-23-24-25-26-27-28-29-30-32-34-36-38-40-42-44-48(54)46-51(56)52-49(47-53)50(55)45-43-41-39-37-35-33-31-20-18-16-14-12-10-8-6-4-2/h48-50,53-55H,3-47H2,1-2H3,(H,52,56). The van der Waals surface area contributed by atoms with Crippen LogP contribution >= 0.6 is 0 Å². The van der Waals surface area contributed by atoms with Crippen molar-refractivity contribution in [1.82, 2.24) is 5.32 Å². The van der Waals surface area contributed by atoms with Crippen LogP contribution in [-0.2, 0) is 4.79 Å². The summed E-state index contributed by atoms with van der Waals surface area (Å²) in [6, 6.07) is -0.653. The van der Waals surface area contributed by atoms with Crippen LogP contribution in [0.5, 0.6) is 0 Å². The van der Waals surface area contributed by atoms with Gasteiger partial charge in [-0.3, -0.25) is 4.79 Å². The van der Waals surface area contributed by atoms with Crippen molar-refractivity contribution in [2.24, 2.45) is 0 Å². The first-order valence-corrected chi connectivity index (χ1v) is 25.8. The fraction of sp³-hybridized carbons (Fsp3) is 0.980. The molecule has 0 fully saturated rings. The molecule has 3 atom stereocenters. The van der Waals surface area contributed by atoms with E-state index in [0.717, 1.165) is 25.7 Å². The third-order valence-electron chi connectivity index (χ3n) is 12.4. The Bertz CT molecular complexity index is 747. The summed E-state index contributed by atoms with van der Waals surface area (Å²) in [5.74, 6) is -0.276. The summed E-state index contributed by atoms with van der Waals surface area (Å²) in [5.41, 5.74) is 0. The summed E-state index contributed by atoms with van der Waals surface area (Å²) < 4.78 is 0. The van der Waals surface area contributed by atoms with Crippen LogP contribution in [0.2, 0.25) is 0 Å². The normalized spacial score (nSPS) is 13.3. The molecule has 0 heterocycles. The molecule has 0 saturated carbocycles. The molecule has 3 unspecified atom stereocenters. The topological polar surface area (TPSA) is 89.8 Å². The molecule has 0 aliphatic rings. The minimum absolute atomic E-state index is 0.0433. The number of aliphatic hydroxyl groups is 3. The van der Waals surface area contributed by atoms with Crippen molar-refractivity contribution in [3.63, 3.8) is 0 Å². The van der Waals surface area contributed by atoms with Gasteiger partial charge in [0.25, 0.3) is 0 Å². The SMILES string of the molecule is CCCCCCCCCCCCCCCCCCCCCCCCCCCC(O)CC(=O)NC(CO)C(O)CCCCCCCCCCCCCCCCCC. The van der Waals surface area contributed by atoms with Crippen LogP contribution in [0.15, 0.2) is 0 Å². The summed E-state index contributed by atoms with van der Waals surface area (Å²) >= 11 is 0. The number of carbonyl (C=O) groups is 1. The first-order valence-electron chi connectivity index (χ1n) is 25.8. The van der Waals surface area contributed by atoms with E-state index < -0.39 is 18.2 Å². The van der Waals surface area contributed by atoms with Gasteiger partial charge in [-0.1, -0.05) is 277 Å². The second-order valence-corrected chi connectivity index (χ2v) is 18.1. The van der Waals surface area contributed by atoms with E-state index in [9.17, 15) is 20.1 Å². The number of hydrogen-bond donors (Lipinski definition) is 4. The predicted molar refractivity (Wildman–Crippen MR) is 246 cm³/mol. The van der Waals surface area contributed by atoms with Crippen molar-refractivity contribution >= 4 is 5.91 Å². The van der Waals surface area contributed by atoms with Gasteiger partial charge in [-0.15, -0.1) is 0 Å². The van der Waals surface area contributed by atoms with Gasteiger partial charge < -0.3 is 20.6 Å². The zero-order chi connectivity index (χ0) is 40.8. The van der Waals surface area contributed by atoms with Crippen molar-refractivity contribution in [2.75, 3.05) is 6.61 Å². The number of amides is 1. The van der Waals surface area contributed by atoms with E-state index in [4.69, 9.17) is 0 Å². The molecule has 0 aliphatic carbocycles. The molecule has 0 aromatic carbocycles. The Morgan fingerprint density at radius 2 is 0.607 bits per heavy atom. The van der Waals surface area contributed by atoms with Crippen LogP contribution in [0.1, 0.15) is 296 Å². The molecule has 0 bridgehead atoms. The average molecular weight is 794 g/mol. The van der Waals surface area contributed by atoms with E-state index in [-0.39, 0.29) is 18.9 Å². The van der Waals surface area contributed by atoms with Gasteiger partial charge in [0, 0.05) is 0 Å². The lowest BCUT2D eigenvalue weighted by Gasteiger charge is -2.23. The van der Waals surface area contributed by atoms with Gasteiger partial charge in [-0.05, 0) is 12.8 Å². The molecule has 0 aromatic heterocycles. The molecule has 0 spiro atoms. The summed E-state index contributed by atoms with van der Waals surface area (Å²) in [6.45, 7) is 4.30. The van der Waals surface area contributed by atoms with Gasteiger partial charge in [0.15, 0.2) is 0 Å². The average Bonchev–Trinajstić information content (AvgIpc) is 3.19. The highest BCUT2D eigenvalue weighted by Gasteiger charge is 2.21. The molecule has 336 valence electrons. The van der Waals surface area contributed by atoms with E-state index in [0.29, 0.717) is 12.8 Å². The number of nitrogens with one attached hydrogen (secondary N) is 1. The second kappa shape index (κ2) is 47.0. The molecule has 5 nitrogen and oxygen atoms in total. The maximum Gasteiger partial charge on any atom is 0.222 e. The summed E-state index contributed by atoms with van der Waals surface area (Å²) in [4.78, 5) is 12.5. The van der Waals surface area contributed by atoms with Crippen molar-refractivity contribution in [3.05, 3.63) is 0 Å². The van der Waals surface area contributed by atoms with Crippen molar-refractivity contribution < 1.29 is 20.1 Å². The monoisotopic (exact) mass is 794 g/mol. The van der Waals surface area contributed by atoms with Crippen LogP contribution in [0.25, 0.3) is 0 Å². The Balaban J connectivity index is 3.50. The van der Waals surface area contributed by atoms with Gasteiger partial charge >= 0.3 is 0 Å². The predicted octanol–water partition coefficient (Wildman–Crippen LogP) is 15.4. The van der Waals surface area contributed by atoms with Gasteiger partial charge in [0.05, 0.1) is 31.3 Å². The highest BCUT2D eigenvalue weighted by Crippen LogP contribution is 2.18. The lowest BCUT2D eigenvalue weighted by Crippen LogP contribution is -2.46. The second-order valence-electron chi connectivity index (χ2n) is 18.1. The molecular weight excluding hydrogens is 691 g/mol. The zero-order valence-corrected chi connectivity index (χ0v) is 38.3. The Morgan fingerprint density at radius 3 is 0.857 bits per heavy atom. The van der Waals surface area contributed by atoms with Gasteiger partial charge in [-0.25, -0.2) is 0 Å². The quantitative estimate of drug-likeness (QED) is 0.0462. The third kappa shape index (κ3) is 42.9. The minimum Gasteiger partial charge on any atom is -0.394 e. The summed E-state index contributed by atoms with van der Waals surface area (Å²) in [6.07, 6.45) is 55.3. The fourth-order valence-corrected chi connectivity index (χ4v) is 8.47. The van der Waals surface area contributed by atoms with E-state index in [1.807, 2.05) is 0 Å². The Kier molecular flexibility index (Phi) is 46.5. The summed E-state index contributed by atoms with van der Waals surface area (Å²) in [5, 5.41) is 33.5. The first-order chi connectivity index (χ1) is 27.5. The smallest absolute Gasteiger partial charge is 0.222 e. The lowest BCUT2D eigenvalue weighted by molar-refractivity contribution is -0.125. The van der Waals surface area contributed by atoms with E-state index in [1.165, 1.54) is 238 Å².